The first-order valence-electron chi connectivity index (χ1n) is 32.1. The van der Waals surface area contributed by atoms with Crippen molar-refractivity contribution in [1.82, 2.24) is 0 Å². The third kappa shape index (κ3) is 62.3. The average Bonchev–Trinajstić information content (AvgIpc) is 3.42. The van der Waals surface area contributed by atoms with Crippen molar-refractivity contribution in [1.29, 1.82) is 0 Å². The molecule has 9 nitrogen and oxygen atoms in total. The van der Waals surface area contributed by atoms with Crippen molar-refractivity contribution < 1.29 is 37.6 Å². The summed E-state index contributed by atoms with van der Waals surface area (Å²) < 4.78 is 33.1. The highest BCUT2D eigenvalue weighted by Gasteiger charge is 2.26. The molecule has 2 unspecified atom stereocenters. The van der Waals surface area contributed by atoms with Gasteiger partial charge in [-0.1, -0.05) is 279 Å². The minimum Gasteiger partial charge on any atom is -0.462 e. The molecule has 0 aromatic carbocycles. The second-order valence-electron chi connectivity index (χ2n) is 21.2. The average molecular weight is 1100 g/mol. The van der Waals surface area contributed by atoms with E-state index in [2.05, 4.69) is 98.9 Å². The molecule has 0 saturated heterocycles. The van der Waals surface area contributed by atoms with Crippen molar-refractivity contribution >= 4 is 19.8 Å². The maximum atomic E-state index is 12.7. The molecule has 446 valence electrons. The van der Waals surface area contributed by atoms with E-state index in [0.717, 1.165) is 77.0 Å². The molecule has 0 aliphatic heterocycles. The summed E-state index contributed by atoms with van der Waals surface area (Å²) in [6.45, 7) is 3.65. The van der Waals surface area contributed by atoms with E-state index < -0.39 is 26.5 Å². The normalized spacial score (nSPS) is 13.6. The van der Waals surface area contributed by atoms with Crippen molar-refractivity contribution in [2.24, 2.45) is 5.73 Å². The molecule has 10 heteroatoms. The molecule has 0 aliphatic rings. The SMILES string of the molecule is CC/C=C\C/C=C\C/C=C\C/C=C\C/C=C\CCCCCCCCCCCCCCCCCC(=O)OC(COC(=O)CCCCCCCCCCCCCCC/C=C\C/C=C\CCCCCCC)COP(=O)(O)OCCN. The monoisotopic (exact) mass is 1100 g/mol. The second-order valence-corrected chi connectivity index (χ2v) is 22.7. The van der Waals surface area contributed by atoms with Gasteiger partial charge in [-0.05, 0) is 89.9 Å². The number of carbonyl (C=O) groups is 2. The Kier molecular flexibility index (Phi) is 60.1. The molecule has 0 fully saturated rings. The van der Waals surface area contributed by atoms with Crippen LogP contribution in [0.4, 0.5) is 0 Å². The summed E-state index contributed by atoms with van der Waals surface area (Å²) in [7, 11) is -4.39. The van der Waals surface area contributed by atoms with E-state index in [1.54, 1.807) is 0 Å². The van der Waals surface area contributed by atoms with Gasteiger partial charge in [0.2, 0.25) is 0 Å². The van der Waals surface area contributed by atoms with Crippen LogP contribution in [0, 0.1) is 0 Å². The van der Waals surface area contributed by atoms with Crippen LogP contribution < -0.4 is 5.73 Å². The highest BCUT2D eigenvalue weighted by atomic mass is 31.2. The number of hydrogen-bond donors (Lipinski definition) is 2. The van der Waals surface area contributed by atoms with E-state index in [9.17, 15) is 19.0 Å². The Bertz CT molecular complexity index is 1530. The van der Waals surface area contributed by atoms with Gasteiger partial charge in [-0.3, -0.25) is 18.6 Å². The van der Waals surface area contributed by atoms with Gasteiger partial charge in [0.25, 0.3) is 0 Å². The zero-order valence-corrected chi connectivity index (χ0v) is 50.8. The lowest BCUT2D eigenvalue weighted by Gasteiger charge is -2.19. The number of unbranched alkanes of at least 4 members (excludes halogenated alkanes) is 33. The summed E-state index contributed by atoms with van der Waals surface area (Å²) in [5.74, 6) is -0.821. The van der Waals surface area contributed by atoms with E-state index in [1.807, 2.05) is 0 Å². The van der Waals surface area contributed by atoms with E-state index in [4.69, 9.17) is 24.3 Å². The van der Waals surface area contributed by atoms with Crippen LogP contribution in [-0.4, -0.2) is 49.3 Å². The number of allylic oxidation sites excluding steroid dienone is 14. The molecule has 77 heavy (non-hydrogen) atoms. The quantitative estimate of drug-likeness (QED) is 0.0264. The maximum Gasteiger partial charge on any atom is 0.472 e. The summed E-state index contributed by atoms with van der Waals surface area (Å²) in [4.78, 5) is 35.3. The van der Waals surface area contributed by atoms with Crippen molar-refractivity contribution in [2.75, 3.05) is 26.4 Å². The second kappa shape index (κ2) is 62.4. The molecule has 0 amide bonds. The zero-order chi connectivity index (χ0) is 55.9. The van der Waals surface area contributed by atoms with Crippen LogP contribution >= 0.6 is 7.82 Å². The highest BCUT2D eigenvalue weighted by Crippen LogP contribution is 2.43. The van der Waals surface area contributed by atoms with Crippen LogP contribution in [0.25, 0.3) is 0 Å². The summed E-state index contributed by atoms with van der Waals surface area (Å²) in [6, 6.07) is 0. The van der Waals surface area contributed by atoms with Crippen LogP contribution in [0.15, 0.2) is 85.1 Å². The summed E-state index contributed by atoms with van der Waals surface area (Å²) in [5, 5.41) is 0. The highest BCUT2D eigenvalue weighted by molar-refractivity contribution is 7.47. The third-order valence-corrected chi connectivity index (χ3v) is 14.7. The number of esters is 2. The fraction of sp³-hybridized carbons (Fsp3) is 0.761. The molecule has 0 saturated carbocycles. The number of rotatable bonds is 60. The van der Waals surface area contributed by atoms with Crippen molar-refractivity contribution in [3.05, 3.63) is 85.1 Å². The van der Waals surface area contributed by atoms with Crippen LogP contribution in [-0.2, 0) is 32.7 Å². The number of phosphoric acid groups is 1. The number of phosphoric ester groups is 1. The molecule has 0 bridgehead atoms. The van der Waals surface area contributed by atoms with Crippen LogP contribution in [0.2, 0.25) is 0 Å². The van der Waals surface area contributed by atoms with Crippen molar-refractivity contribution in [3.8, 4) is 0 Å². The van der Waals surface area contributed by atoms with Gasteiger partial charge in [0.15, 0.2) is 6.10 Å². The molecule has 0 heterocycles. The van der Waals surface area contributed by atoms with E-state index in [0.29, 0.717) is 6.42 Å². The molecule has 0 rings (SSSR count). The molecule has 0 aromatic rings. The predicted molar refractivity (Wildman–Crippen MR) is 330 cm³/mol. The number of hydrogen-bond acceptors (Lipinski definition) is 8. The topological polar surface area (TPSA) is 134 Å². The lowest BCUT2D eigenvalue weighted by atomic mass is 10.0. The van der Waals surface area contributed by atoms with Gasteiger partial charge in [0.1, 0.15) is 6.61 Å². The number of nitrogens with two attached hydrogens (primary N) is 1. The van der Waals surface area contributed by atoms with Crippen LogP contribution in [0.5, 0.6) is 0 Å². The molecule has 0 aromatic heterocycles. The summed E-state index contributed by atoms with van der Waals surface area (Å²) >= 11 is 0. The molecule has 0 aliphatic carbocycles. The zero-order valence-electron chi connectivity index (χ0n) is 49.9. The lowest BCUT2D eigenvalue weighted by molar-refractivity contribution is -0.161. The standard InChI is InChI=1S/C67H120NO8P/c1-3-5-7-9-11-13-15-17-19-21-23-25-27-29-30-31-32-33-34-36-38-40-42-44-46-48-50-52-54-56-58-60-67(70)76-65(64-75-77(71,72)74-62-61-68)63-73-66(69)59-57-55-53-51-49-47-45-43-41-39-37-35-28-26-24-22-20-18-16-14-12-10-8-6-4-2/h5,7,11,13,16-19,22-25,29-30,65H,3-4,6,8-10,12,14-15,20-21,26-28,31-64,68H2,1-2H3,(H,71,72)/b7-5-,13-11-,18-16-,19-17-,24-22-,25-23-,30-29-. The number of ether oxygens (including phenoxy) is 2. The van der Waals surface area contributed by atoms with Gasteiger partial charge in [-0.25, -0.2) is 4.57 Å². The van der Waals surface area contributed by atoms with E-state index in [-0.39, 0.29) is 38.6 Å². The Balaban J connectivity index is 3.91. The van der Waals surface area contributed by atoms with Crippen LogP contribution in [0.1, 0.15) is 296 Å². The minimum absolute atomic E-state index is 0.0516. The largest absolute Gasteiger partial charge is 0.472 e. The number of carbonyl (C=O) groups excluding carboxylic acids is 2. The van der Waals surface area contributed by atoms with Gasteiger partial charge < -0.3 is 20.1 Å². The van der Waals surface area contributed by atoms with Gasteiger partial charge in [-0.15, -0.1) is 0 Å². The molecular formula is C67H120NO8P. The fourth-order valence-corrected chi connectivity index (χ4v) is 9.81. The first-order chi connectivity index (χ1) is 37.8. The molecule has 2 atom stereocenters. The van der Waals surface area contributed by atoms with Gasteiger partial charge in [0.05, 0.1) is 13.2 Å². The first kappa shape index (κ1) is 74.2. The van der Waals surface area contributed by atoms with E-state index >= 15 is 0 Å². The maximum absolute atomic E-state index is 12.7. The van der Waals surface area contributed by atoms with Crippen molar-refractivity contribution in [2.45, 2.75) is 302 Å². The van der Waals surface area contributed by atoms with Crippen molar-refractivity contribution in [3.63, 3.8) is 0 Å². The van der Waals surface area contributed by atoms with Crippen LogP contribution in [0.3, 0.4) is 0 Å². The predicted octanol–water partition coefficient (Wildman–Crippen LogP) is 20.6. The lowest BCUT2D eigenvalue weighted by Crippen LogP contribution is -2.29. The van der Waals surface area contributed by atoms with E-state index in [1.165, 1.54) is 186 Å². The molecule has 0 spiro atoms. The Morgan fingerprint density at radius 2 is 0.714 bits per heavy atom. The Labute approximate surface area is 474 Å². The van der Waals surface area contributed by atoms with Gasteiger partial charge in [-0.2, -0.15) is 0 Å². The smallest absolute Gasteiger partial charge is 0.462 e. The van der Waals surface area contributed by atoms with Gasteiger partial charge in [0, 0.05) is 19.4 Å². The Hall–Kier alpha value is -2.81. The molecule has 3 N–H and O–H groups in total. The first-order valence-corrected chi connectivity index (χ1v) is 33.6. The van der Waals surface area contributed by atoms with Gasteiger partial charge >= 0.3 is 19.8 Å². The molecule has 0 radical (unpaired) electrons. The fourth-order valence-electron chi connectivity index (χ4n) is 9.05. The molecular weight excluding hydrogens is 978 g/mol. The Morgan fingerprint density at radius 3 is 1.06 bits per heavy atom. The minimum atomic E-state index is -4.39. The third-order valence-electron chi connectivity index (χ3n) is 13.8. The summed E-state index contributed by atoms with van der Waals surface area (Å²) in [6.07, 6.45) is 82.2. The Morgan fingerprint density at radius 1 is 0.403 bits per heavy atom. The summed E-state index contributed by atoms with van der Waals surface area (Å²) in [5.41, 5.74) is 5.39.